The molecule has 0 radical (unpaired) electrons. The highest BCUT2D eigenvalue weighted by Crippen LogP contribution is 2.28. The first-order valence-electron chi connectivity index (χ1n) is 11.1. The van der Waals surface area contributed by atoms with Gasteiger partial charge < -0.3 is 14.6 Å². The molecule has 4 rings (SSSR count). The van der Waals surface area contributed by atoms with Gasteiger partial charge in [-0.25, -0.2) is 4.98 Å². The molecule has 5 nitrogen and oxygen atoms in total. The molecule has 5 heteroatoms. The number of nitrogens with one attached hydrogen (secondary N) is 1. The Morgan fingerprint density at radius 1 is 1.10 bits per heavy atom. The summed E-state index contributed by atoms with van der Waals surface area (Å²) in [5.74, 6) is 2.57. The van der Waals surface area contributed by atoms with Crippen molar-refractivity contribution in [2.75, 3.05) is 13.2 Å². The number of hydrogen-bond acceptors (Lipinski definition) is 3. The fourth-order valence-corrected chi connectivity index (χ4v) is 3.79. The Labute approximate surface area is 178 Å². The number of carbonyl (C=O) groups excluding carboxylic acids is 1. The molecule has 0 saturated heterocycles. The molecule has 1 saturated carbocycles. The van der Waals surface area contributed by atoms with Crippen molar-refractivity contribution < 1.29 is 9.53 Å². The summed E-state index contributed by atoms with van der Waals surface area (Å²) in [6.45, 7) is 4.45. The fourth-order valence-electron chi connectivity index (χ4n) is 3.79. The molecule has 0 aliphatic heterocycles. The van der Waals surface area contributed by atoms with Crippen LogP contribution in [0.3, 0.4) is 0 Å². The van der Waals surface area contributed by atoms with Crippen LogP contribution in [0.15, 0.2) is 48.5 Å². The SMILES string of the molecule is Cc1ccccc1OCCCCn1c(CCCNC(=O)C2CC2)nc2ccccc21. The predicted molar refractivity (Wildman–Crippen MR) is 120 cm³/mol. The second-order valence-corrected chi connectivity index (χ2v) is 8.16. The van der Waals surface area contributed by atoms with E-state index in [1.165, 1.54) is 11.1 Å². The highest BCUT2D eigenvalue weighted by molar-refractivity contribution is 5.80. The average molecular weight is 406 g/mol. The zero-order chi connectivity index (χ0) is 20.8. The number of rotatable bonds is 11. The van der Waals surface area contributed by atoms with Crippen LogP contribution in [-0.2, 0) is 17.8 Å². The number of nitrogens with zero attached hydrogens (tertiary/aromatic N) is 2. The molecule has 158 valence electrons. The average Bonchev–Trinajstić information content (AvgIpc) is 3.55. The molecular formula is C25H31N3O2. The number of ether oxygens (including phenoxy) is 1. The van der Waals surface area contributed by atoms with E-state index in [2.05, 4.69) is 41.1 Å². The number of aromatic nitrogens is 2. The van der Waals surface area contributed by atoms with Crippen LogP contribution in [-0.4, -0.2) is 28.6 Å². The summed E-state index contributed by atoms with van der Waals surface area (Å²) >= 11 is 0. The van der Waals surface area contributed by atoms with E-state index in [0.29, 0.717) is 0 Å². The molecule has 0 spiro atoms. The van der Waals surface area contributed by atoms with Gasteiger partial charge in [-0.3, -0.25) is 4.79 Å². The van der Waals surface area contributed by atoms with Gasteiger partial charge in [-0.1, -0.05) is 30.3 Å². The molecule has 1 aliphatic carbocycles. The monoisotopic (exact) mass is 405 g/mol. The third-order valence-corrected chi connectivity index (χ3v) is 5.69. The standard InChI is InChI=1S/C25H31N3O2/c1-19-9-2-5-12-23(19)30-18-7-6-17-28-22-11-4-3-10-21(22)27-24(28)13-8-16-26-25(29)20-14-15-20/h2-5,9-12,20H,6-8,13-18H2,1H3,(H,26,29). The number of hydrogen-bond donors (Lipinski definition) is 1. The van der Waals surface area contributed by atoms with Gasteiger partial charge in [-0.15, -0.1) is 0 Å². The largest absolute Gasteiger partial charge is 0.493 e. The topological polar surface area (TPSA) is 56.1 Å². The van der Waals surface area contributed by atoms with Gasteiger partial charge in [-0.05, 0) is 62.8 Å². The van der Waals surface area contributed by atoms with E-state index in [0.717, 1.165) is 75.3 Å². The Hall–Kier alpha value is -2.82. The van der Waals surface area contributed by atoms with Crippen LogP contribution < -0.4 is 10.1 Å². The van der Waals surface area contributed by atoms with Gasteiger partial charge in [-0.2, -0.15) is 0 Å². The third kappa shape index (κ3) is 5.21. The maximum atomic E-state index is 11.8. The smallest absolute Gasteiger partial charge is 0.223 e. The van der Waals surface area contributed by atoms with Crippen LogP contribution in [0.5, 0.6) is 5.75 Å². The molecule has 3 aromatic rings. The molecule has 1 N–H and O–H groups in total. The second kappa shape index (κ2) is 9.79. The van der Waals surface area contributed by atoms with E-state index in [1.54, 1.807) is 0 Å². The summed E-state index contributed by atoms with van der Waals surface area (Å²) < 4.78 is 8.27. The number of amides is 1. The van der Waals surface area contributed by atoms with Crippen LogP contribution in [0.4, 0.5) is 0 Å². The first-order chi connectivity index (χ1) is 14.7. The first kappa shape index (κ1) is 20.5. The van der Waals surface area contributed by atoms with Gasteiger partial charge >= 0.3 is 0 Å². The van der Waals surface area contributed by atoms with E-state index in [9.17, 15) is 4.79 Å². The summed E-state index contributed by atoms with van der Waals surface area (Å²) in [5.41, 5.74) is 3.41. The van der Waals surface area contributed by atoms with Crippen molar-refractivity contribution in [3.63, 3.8) is 0 Å². The predicted octanol–water partition coefficient (Wildman–Crippen LogP) is 4.66. The molecule has 1 aliphatic rings. The lowest BCUT2D eigenvalue weighted by molar-refractivity contribution is -0.122. The van der Waals surface area contributed by atoms with Gasteiger partial charge in [0.25, 0.3) is 0 Å². The number of benzene rings is 2. The Bertz CT molecular complexity index is 991. The van der Waals surface area contributed by atoms with Crippen molar-refractivity contribution in [3.8, 4) is 5.75 Å². The molecular weight excluding hydrogens is 374 g/mol. The quantitative estimate of drug-likeness (QED) is 0.472. The Kier molecular flexibility index (Phi) is 6.67. The third-order valence-electron chi connectivity index (χ3n) is 5.69. The number of imidazole rings is 1. The normalized spacial score (nSPS) is 13.5. The Morgan fingerprint density at radius 2 is 1.90 bits per heavy atom. The number of para-hydroxylation sites is 3. The number of fused-ring (bicyclic) bond motifs is 1. The minimum Gasteiger partial charge on any atom is -0.493 e. The molecule has 1 aromatic heterocycles. The van der Waals surface area contributed by atoms with Gasteiger partial charge in [0.1, 0.15) is 11.6 Å². The minimum absolute atomic E-state index is 0.220. The molecule has 0 bridgehead atoms. The van der Waals surface area contributed by atoms with Crippen LogP contribution in [0.25, 0.3) is 11.0 Å². The van der Waals surface area contributed by atoms with Gasteiger partial charge in [0.15, 0.2) is 0 Å². The van der Waals surface area contributed by atoms with Crippen molar-refractivity contribution in [1.82, 2.24) is 14.9 Å². The van der Waals surface area contributed by atoms with Crippen molar-refractivity contribution in [1.29, 1.82) is 0 Å². The molecule has 1 fully saturated rings. The van der Waals surface area contributed by atoms with Gasteiger partial charge in [0, 0.05) is 25.4 Å². The summed E-state index contributed by atoms with van der Waals surface area (Å²) in [7, 11) is 0. The zero-order valence-electron chi connectivity index (χ0n) is 17.8. The summed E-state index contributed by atoms with van der Waals surface area (Å²) in [6, 6.07) is 16.5. The molecule has 1 heterocycles. The zero-order valence-corrected chi connectivity index (χ0v) is 17.8. The van der Waals surface area contributed by atoms with E-state index in [1.807, 2.05) is 24.3 Å². The fraction of sp³-hybridized carbons (Fsp3) is 0.440. The van der Waals surface area contributed by atoms with Crippen molar-refractivity contribution >= 4 is 16.9 Å². The van der Waals surface area contributed by atoms with Crippen molar-refractivity contribution in [2.45, 2.75) is 52.0 Å². The van der Waals surface area contributed by atoms with Gasteiger partial charge in [0.2, 0.25) is 5.91 Å². The van der Waals surface area contributed by atoms with Crippen LogP contribution in [0.1, 0.15) is 43.5 Å². The molecule has 2 aromatic carbocycles. The van der Waals surface area contributed by atoms with Crippen molar-refractivity contribution in [2.24, 2.45) is 5.92 Å². The van der Waals surface area contributed by atoms with Crippen molar-refractivity contribution in [3.05, 3.63) is 59.9 Å². The highest BCUT2D eigenvalue weighted by atomic mass is 16.5. The molecule has 30 heavy (non-hydrogen) atoms. The second-order valence-electron chi connectivity index (χ2n) is 8.16. The first-order valence-corrected chi connectivity index (χ1v) is 11.1. The lowest BCUT2D eigenvalue weighted by atomic mass is 10.2. The van der Waals surface area contributed by atoms with E-state index in [-0.39, 0.29) is 11.8 Å². The van der Waals surface area contributed by atoms with Crippen LogP contribution >= 0.6 is 0 Å². The van der Waals surface area contributed by atoms with Gasteiger partial charge in [0.05, 0.1) is 17.6 Å². The summed E-state index contributed by atoms with van der Waals surface area (Å²) in [6.07, 6.45) is 5.93. The highest BCUT2D eigenvalue weighted by Gasteiger charge is 2.29. The number of aryl methyl sites for hydroxylation is 3. The molecule has 0 atom stereocenters. The lowest BCUT2D eigenvalue weighted by Crippen LogP contribution is -2.26. The van der Waals surface area contributed by atoms with Crippen LogP contribution in [0.2, 0.25) is 0 Å². The Morgan fingerprint density at radius 3 is 2.73 bits per heavy atom. The van der Waals surface area contributed by atoms with E-state index >= 15 is 0 Å². The number of unbranched alkanes of at least 4 members (excludes halogenated alkanes) is 1. The van der Waals surface area contributed by atoms with Crippen LogP contribution in [0, 0.1) is 12.8 Å². The van der Waals surface area contributed by atoms with E-state index in [4.69, 9.17) is 9.72 Å². The number of carbonyl (C=O) groups is 1. The molecule has 0 unspecified atom stereocenters. The minimum atomic E-state index is 0.220. The summed E-state index contributed by atoms with van der Waals surface area (Å²) in [4.78, 5) is 16.7. The lowest BCUT2D eigenvalue weighted by Gasteiger charge is -2.11. The van der Waals surface area contributed by atoms with E-state index < -0.39 is 0 Å². The Balaban J connectivity index is 1.29. The molecule has 1 amide bonds. The maximum absolute atomic E-state index is 11.8. The maximum Gasteiger partial charge on any atom is 0.223 e. The summed E-state index contributed by atoms with van der Waals surface area (Å²) in [5, 5.41) is 3.06.